The van der Waals surface area contributed by atoms with E-state index >= 15 is 0 Å². The number of benzene rings is 2. The van der Waals surface area contributed by atoms with Gasteiger partial charge in [0.1, 0.15) is 0 Å². The molecule has 0 N–H and O–H groups in total. The number of nitrogens with zero attached hydrogens (tertiary/aromatic N) is 3. The zero-order valence-corrected chi connectivity index (χ0v) is 16.4. The predicted molar refractivity (Wildman–Crippen MR) is 107 cm³/mol. The Balaban J connectivity index is 1.79. The van der Waals surface area contributed by atoms with Crippen LogP contribution in [0.5, 0.6) is 0 Å². The van der Waals surface area contributed by atoms with Gasteiger partial charge < -0.3 is 4.57 Å². The second kappa shape index (κ2) is 7.87. The van der Waals surface area contributed by atoms with Crippen LogP contribution in [0.2, 0.25) is 0 Å². The Bertz CT molecular complexity index is 946. The van der Waals surface area contributed by atoms with Crippen LogP contribution in [0.3, 0.4) is 0 Å². The van der Waals surface area contributed by atoms with Gasteiger partial charge in [-0.05, 0) is 50.5 Å². The molecule has 0 bridgehead atoms. The quantitative estimate of drug-likeness (QED) is 0.462. The zero-order chi connectivity index (χ0) is 18.7. The smallest absolute Gasteiger partial charge is 0.191 e. The summed E-state index contributed by atoms with van der Waals surface area (Å²) in [5, 5.41) is 9.48. The Morgan fingerprint density at radius 1 is 1.00 bits per heavy atom. The normalized spacial score (nSPS) is 10.9. The highest BCUT2D eigenvalue weighted by Crippen LogP contribution is 2.26. The largest absolute Gasteiger partial charge is 0.302 e. The average molecular weight is 366 g/mol. The van der Waals surface area contributed by atoms with Gasteiger partial charge in [0.15, 0.2) is 16.8 Å². The Labute approximate surface area is 158 Å². The molecule has 134 valence electrons. The average Bonchev–Trinajstić information content (AvgIpc) is 3.05. The molecule has 26 heavy (non-hydrogen) atoms. The van der Waals surface area contributed by atoms with Crippen LogP contribution in [0.4, 0.5) is 0 Å². The van der Waals surface area contributed by atoms with E-state index in [4.69, 9.17) is 0 Å². The summed E-state index contributed by atoms with van der Waals surface area (Å²) in [5.41, 5.74) is 5.33. The number of aromatic nitrogens is 3. The Morgan fingerprint density at radius 2 is 1.77 bits per heavy atom. The zero-order valence-electron chi connectivity index (χ0n) is 15.6. The van der Waals surface area contributed by atoms with Crippen LogP contribution >= 0.6 is 11.8 Å². The first kappa shape index (κ1) is 18.4. The lowest BCUT2D eigenvalue weighted by Gasteiger charge is -2.09. The standard InChI is InChI=1S/C21H23N3OS/c1-5-24-20(18-9-7-6-8-15(18)3)22-23-21(24)26-13-19(25)17-11-10-14(2)16(4)12-17/h6-12H,5,13H2,1-4H3. The maximum atomic E-state index is 12.5. The summed E-state index contributed by atoms with van der Waals surface area (Å²) in [6.45, 7) is 8.98. The molecule has 0 unspecified atom stereocenters. The molecule has 0 aliphatic carbocycles. The molecule has 1 heterocycles. The van der Waals surface area contributed by atoms with Crippen molar-refractivity contribution in [1.29, 1.82) is 0 Å². The van der Waals surface area contributed by atoms with Gasteiger partial charge in [-0.3, -0.25) is 4.79 Å². The number of thioether (sulfide) groups is 1. The summed E-state index contributed by atoms with van der Waals surface area (Å²) < 4.78 is 2.07. The molecule has 0 saturated carbocycles. The van der Waals surface area contributed by atoms with E-state index in [1.165, 1.54) is 17.3 Å². The van der Waals surface area contributed by atoms with E-state index in [9.17, 15) is 4.79 Å². The fourth-order valence-electron chi connectivity index (χ4n) is 2.83. The molecule has 0 aliphatic rings. The van der Waals surface area contributed by atoms with Crippen LogP contribution in [0.15, 0.2) is 47.6 Å². The summed E-state index contributed by atoms with van der Waals surface area (Å²) >= 11 is 1.45. The topological polar surface area (TPSA) is 47.8 Å². The number of carbonyl (C=O) groups is 1. The van der Waals surface area contributed by atoms with Crippen molar-refractivity contribution in [3.05, 3.63) is 64.7 Å². The Morgan fingerprint density at radius 3 is 2.46 bits per heavy atom. The van der Waals surface area contributed by atoms with Gasteiger partial charge in [0, 0.05) is 17.7 Å². The highest BCUT2D eigenvalue weighted by molar-refractivity contribution is 7.99. The summed E-state index contributed by atoms with van der Waals surface area (Å²) in [6.07, 6.45) is 0. The highest BCUT2D eigenvalue weighted by atomic mass is 32.2. The van der Waals surface area contributed by atoms with Gasteiger partial charge in [-0.2, -0.15) is 0 Å². The molecule has 0 saturated heterocycles. The number of hydrogen-bond donors (Lipinski definition) is 0. The molecule has 0 aliphatic heterocycles. The van der Waals surface area contributed by atoms with E-state index in [-0.39, 0.29) is 5.78 Å². The van der Waals surface area contributed by atoms with Gasteiger partial charge >= 0.3 is 0 Å². The first-order valence-corrected chi connectivity index (χ1v) is 9.72. The fraction of sp³-hybridized carbons (Fsp3) is 0.286. The third-order valence-corrected chi connectivity index (χ3v) is 5.55. The van der Waals surface area contributed by atoms with Crippen molar-refractivity contribution in [2.24, 2.45) is 0 Å². The molecule has 3 rings (SSSR count). The highest BCUT2D eigenvalue weighted by Gasteiger charge is 2.16. The molecule has 4 nitrogen and oxygen atoms in total. The molecule has 0 amide bonds. The van der Waals surface area contributed by atoms with Crippen LogP contribution in [0, 0.1) is 20.8 Å². The number of ketones is 1. The van der Waals surface area contributed by atoms with Crippen molar-refractivity contribution in [3.63, 3.8) is 0 Å². The molecular formula is C21H23N3OS. The number of hydrogen-bond acceptors (Lipinski definition) is 4. The SMILES string of the molecule is CCn1c(SCC(=O)c2ccc(C)c(C)c2)nnc1-c1ccccc1C. The van der Waals surface area contributed by atoms with E-state index < -0.39 is 0 Å². The van der Waals surface area contributed by atoms with Gasteiger partial charge in [0.05, 0.1) is 5.75 Å². The number of rotatable bonds is 6. The van der Waals surface area contributed by atoms with Crippen LogP contribution in [-0.2, 0) is 6.54 Å². The van der Waals surface area contributed by atoms with Crippen molar-refractivity contribution in [3.8, 4) is 11.4 Å². The van der Waals surface area contributed by atoms with E-state index in [0.29, 0.717) is 5.75 Å². The van der Waals surface area contributed by atoms with Gasteiger partial charge in [0.2, 0.25) is 0 Å². The van der Waals surface area contributed by atoms with Crippen LogP contribution < -0.4 is 0 Å². The molecule has 5 heteroatoms. The third kappa shape index (κ3) is 3.73. The van der Waals surface area contributed by atoms with E-state index in [1.54, 1.807) is 0 Å². The summed E-state index contributed by atoms with van der Waals surface area (Å²) in [5.74, 6) is 1.32. The predicted octanol–water partition coefficient (Wildman–Crippen LogP) is 4.87. The second-order valence-corrected chi connectivity index (χ2v) is 7.32. The van der Waals surface area contributed by atoms with E-state index in [2.05, 4.69) is 47.7 Å². The molecular weight excluding hydrogens is 342 g/mol. The molecule has 1 aromatic heterocycles. The van der Waals surface area contributed by atoms with Crippen LogP contribution in [0.1, 0.15) is 34.0 Å². The minimum Gasteiger partial charge on any atom is -0.302 e. The molecule has 2 aromatic carbocycles. The van der Waals surface area contributed by atoms with E-state index in [1.807, 2.05) is 37.3 Å². The monoisotopic (exact) mass is 365 g/mol. The van der Waals surface area contributed by atoms with Crippen molar-refractivity contribution < 1.29 is 4.79 Å². The van der Waals surface area contributed by atoms with Crippen molar-refractivity contribution in [2.75, 3.05) is 5.75 Å². The van der Waals surface area contributed by atoms with E-state index in [0.717, 1.165) is 39.8 Å². The maximum absolute atomic E-state index is 12.5. The van der Waals surface area contributed by atoms with Crippen LogP contribution in [-0.4, -0.2) is 26.3 Å². The minimum atomic E-state index is 0.112. The lowest BCUT2D eigenvalue weighted by Crippen LogP contribution is -2.06. The lowest BCUT2D eigenvalue weighted by molar-refractivity contribution is 0.102. The number of Topliss-reactive ketones (excluding diaryl/α,β-unsaturated/α-hetero) is 1. The number of carbonyl (C=O) groups excluding carboxylic acids is 1. The molecule has 0 radical (unpaired) electrons. The van der Waals surface area contributed by atoms with Gasteiger partial charge in [-0.25, -0.2) is 0 Å². The van der Waals surface area contributed by atoms with Crippen molar-refractivity contribution >= 4 is 17.5 Å². The van der Waals surface area contributed by atoms with Crippen molar-refractivity contribution in [2.45, 2.75) is 39.4 Å². The molecule has 0 atom stereocenters. The molecule has 3 aromatic rings. The van der Waals surface area contributed by atoms with Gasteiger partial charge in [-0.15, -0.1) is 10.2 Å². The lowest BCUT2D eigenvalue weighted by atomic mass is 10.0. The fourth-order valence-corrected chi connectivity index (χ4v) is 3.73. The first-order valence-electron chi connectivity index (χ1n) is 8.73. The number of aryl methyl sites for hydroxylation is 3. The third-order valence-electron chi connectivity index (χ3n) is 4.58. The Kier molecular flexibility index (Phi) is 5.57. The minimum absolute atomic E-state index is 0.112. The maximum Gasteiger partial charge on any atom is 0.191 e. The second-order valence-electron chi connectivity index (χ2n) is 6.38. The summed E-state index contributed by atoms with van der Waals surface area (Å²) in [7, 11) is 0. The summed E-state index contributed by atoms with van der Waals surface area (Å²) in [4.78, 5) is 12.5. The first-order chi connectivity index (χ1) is 12.5. The van der Waals surface area contributed by atoms with Gasteiger partial charge in [-0.1, -0.05) is 48.2 Å². The Hall–Kier alpha value is -2.40. The molecule has 0 spiro atoms. The van der Waals surface area contributed by atoms with Crippen molar-refractivity contribution in [1.82, 2.24) is 14.8 Å². The summed E-state index contributed by atoms with van der Waals surface area (Å²) in [6, 6.07) is 14.0. The van der Waals surface area contributed by atoms with Crippen LogP contribution in [0.25, 0.3) is 11.4 Å². The molecule has 0 fully saturated rings. The van der Waals surface area contributed by atoms with Gasteiger partial charge in [0.25, 0.3) is 0 Å².